The predicted molar refractivity (Wildman–Crippen MR) is 136 cm³/mol. The zero-order chi connectivity index (χ0) is 23.3. The number of rotatable bonds is 5. The van der Waals surface area contributed by atoms with E-state index < -0.39 is 5.67 Å². The zero-order valence-electron chi connectivity index (χ0n) is 18.8. The Labute approximate surface area is 206 Å². The molecule has 1 amide bonds. The number of amides is 1. The lowest BCUT2D eigenvalue weighted by Crippen LogP contribution is -2.41. The summed E-state index contributed by atoms with van der Waals surface area (Å²) in [5.41, 5.74) is 2.72. The average molecular weight is 497 g/mol. The average Bonchev–Trinajstić information content (AvgIpc) is 3.52. The van der Waals surface area contributed by atoms with Crippen LogP contribution in [0, 0.1) is 0 Å². The van der Waals surface area contributed by atoms with Gasteiger partial charge >= 0.3 is 0 Å². The van der Waals surface area contributed by atoms with E-state index in [1.54, 1.807) is 11.3 Å². The van der Waals surface area contributed by atoms with Gasteiger partial charge in [-0.05, 0) is 62.7 Å². The molecule has 2 aliphatic heterocycles. The molecule has 176 valence electrons. The van der Waals surface area contributed by atoms with Crippen molar-refractivity contribution in [1.29, 1.82) is 0 Å². The van der Waals surface area contributed by atoms with E-state index in [-0.39, 0.29) is 5.91 Å². The molecule has 0 bridgehead atoms. The number of piperidine rings is 1. The number of hydrogen-bond donors (Lipinski definition) is 1. The monoisotopic (exact) mass is 496 g/mol. The van der Waals surface area contributed by atoms with Gasteiger partial charge in [0.05, 0.1) is 28.8 Å². The quantitative estimate of drug-likeness (QED) is 0.380. The molecule has 4 aromatic rings. The molecule has 1 aromatic carbocycles. The Kier molecular flexibility index (Phi) is 5.59. The van der Waals surface area contributed by atoms with Crippen LogP contribution in [0.5, 0.6) is 0 Å². The molecule has 3 aromatic heterocycles. The summed E-state index contributed by atoms with van der Waals surface area (Å²) in [6.45, 7) is 3.18. The second kappa shape index (κ2) is 8.63. The van der Waals surface area contributed by atoms with Crippen LogP contribution in [-0.4, -0.2) is 45.7 Å². The summed E-state index contributed by atoms with van der Waals surface area (Å²) in [5, 5.41) is 4.91. The van der Waals surface area contributed by atoms with Crippen molar-refractivity contribution < 1.29 is 9.18 Å². The van der Waals surface area contributed by atoms with Crippen LogP contribution in [0.2, 0.25) is 5.02 Å². The Hall–Kier alpha value is -2.48. The highest BCUT2D eigenvalue weighted by Gasteiger charge is 2.32. The van der Waals surface area contributed by atoms with Crippen molar-refractivity contribution in [2.45, 2.75) is 44.4 Å². The minimum absolute atomic E-state index is 0.220. The van der Waals surface area contributed by atoms with Gasteiger partial charge in [-0.2, -0.15) is 0 Å². The zero-order valence-corrected chi connectivity index (χ0v) is 20.4. The third-order valence-electron chi connectivity index (χ3n) is 7.05. The van der Waals surface area contributed by atoms with E-state index in [1.165, 1.54) is 0 Å². The third kappa shape index (κ3) is 4.00. The fraction of sp³-hybridized carbons (Fsp3) is 0.385. The molecule has 5 nitrogen and oxygen atoms in total. The molecule has 34 heavy (non-hydrogen) atoms. The van der Waals surface area contributed by atoms with Gasteiger partial charge in [-0.25, -0.2) is 4.39 Å². The summed E-state index contributed by atoms with van der Waals surface area (Å²) >= 11 is 8.21. The lowest BCUT2D eigenvalue weighted by Gasteiger charge is -2.31. The van der Waals surface area contributed by atoms with Crippen molar-refractivity contribution in [2.75, 3.05) is 19.6 Å². The lowest BCUT2D eigenvalue weighted by atomic mass is 9.94. The maximum atomic E-state index is 15.6. The van der Waals surface area contributed by atoms with E-state index in [0.717, 1.165) is 50.1 Å². The molecule has 5 heterocycles. The first kappa shape index (κ1) is 22.0. The Morgan fingerprint density at radius 2 is 2.03 bits per heavy atom. The molecule has 2 aliphatic rings. The van der Waals surface area contributed by atoms with Crippen molar-refractivity contribution in [2.24, 2.45) is 0 Å². The number of benzene rings is 1. The van der Waals surface area contributed by atoms with Crippen molar-refractivity contribution in [1.82, 2.24) is 19.8 Å². The number of carbonyl (C=O) groups is 1. The highest BCUT2D eigenvalue weighted by molar-refractivity contribution is 7.19. The lowest BCUT2D eigenvalue weighted by molar-refractivity contribution is -0.128. The molecule has 0 atom stereocenters. The van der Waals surface area contributed by atoms with Crippen molar-refractivity contribution in [3.63, 3.8) is 0 Å². The molecule has 1 N–H and O–H groups in total. The van der Waals surface area contributed by atoms with Gasteiger partial charge < -0.3 is 14.8 Å². The molecule has 2 fully saturated rings. The third-order valence-corrected chi connectivity index (χ3v) is 8.41. The number of nitrogens with one attached hydrogen (secondary N) is 1. The smallest absolute Gasteiger partial charge is 0.222 e. The number of thiophene rings is 1. The topological polar surface area (TPSA) is 50.2 Å². The fourth-order valence-electron chi connectivity index (χ4n) is 5.32. The van der Waals surface area contributed by atoms with Gasteiger partial charge in [0.1, 0.15) is 5.67 Å². The molecule has 8 heteroatoms. The first-order chi connectivity index (χ1) is 16.5. The summed E-state index contributed by atoms with van der Waals surface area (Å²) < 4.78 is 18.8. The molecule has 6 rings (SSSR count). The number of fused-ring (bicyclic) bond motifs is 2. The highest BCUT2D eigenvalue weighted by atomic mass is 35.5. The predicted octanol–water partition coefficient (Wildman–Crippen LogP) is 5.79. The van der Waals surface area contributed by atoms with Crippen LogP contribution in [-0.2, 0) is 17.9 Å². The standard InChI is InChI=1S/C26H26ClFN4OS/c27-18-12-17-4-11-32(16-26(28)5-8-29-9-6-26)24(17)21(13-18)20-3-7-30-22-14-19(34-25(20)22)15-31-10-1-2-23(31)33/h3-4,7,11-14,29H,1-2,5-6,8-10,15-16H2. The van der Waals surface area contributed by atoms with E-state index in [0.29, 0.717) is 50.5 Å². The maximum Gasteiger partial charge on any atom is 0.222 e. The van der Waals surface area contributed by atoms with Crippen LogP contribution in [0.4, 0.5) is 4.39 Å². The summed E-state index contributed by atoms with van der Waals surface area (Å²) in [4.78, 5) is 19.8. The van der Waals surface area contributed by atoms with Crippen LogP contribution in [0.15, 0.2) is 42.7 Å². The fourth-order valence-corrected chi connectivity index (χ4v) is 6.71. The van der Waals surface area contributed by atoms with Gasteiger partial charge in [0.2, 0.25) is 5.91 Å². The summed E-state index contributed by atoms with van der Waals surface area (Å²) in [6.07, 6.45) is 6.38. The summed E-state index contributed by atoms with van der Waals surface area (Å²) in [7, 11) is 0. The molecular weight excluding hydrogens is 471 g/mol. The van der Waals surface area contributed by atoms with Gasteiger partial charge in [0.15, 0.2) is 0 Å². The molecule has 0 radical (unpaired) electrons. The van der Waals surface area contributed by atoms with E-state index in [9.17, 15) is 4.79 Å². The van der Waals surface area contributed by atoms with Gasteiger partial charge in [0.25, 0.3) is 0 Å². The van der Waals surface area contributed by atoms with Crippen molar-refractivity contribution in [3.8, 4) is 11.1 Å². The number of hydrogen-bond acceptors (Lipinski definition) is 4. The van der Waals surface area contributed by atoms with E-state index in [4.69, 9.17) is 11.6 Å². The van der Waals surface area contributed by atoms with Gasteiger partial charge in [-0.15, -0.1) is 11.3 Å². The van der Waals surface area contributed by atoms with Gasteiger partial charge in [0, 0.05) is 51.8 Å². The molecule has 0 unspecified atom stereocenters. The number of halogens is 2. The number of carbonyl (C=O) groups excluding carboxylic acids is 1. The Morgan fingerprint density at radius 3 is 2.82 bits per heavy atom. The van der Waals surface area contributed by atoms with E-state index >= 15 is 4.39 Å². The number of likely N-dealkylation sites (tertiary alicyclic amines) is 1. The number of aromatic nitrogens is 2. The van der Waals surface area contributed by atoms with E-state index in [1.807, 2.05) is 41.6 Å². The maximum absolute atomic E-state index is 15.6. The highest BCUT2D eigenvalue weighted by Crippen LogP contribution is 2.40. The van der Waals surface area contributed by atoms with Crippen LogP contribution < -0.4 is 5.32 Å². The van der Waals surface area contributed by atoms with Crippen LogP contribution >= 0.6 is 22.9 Å². The SMILES string of the molecule is O=C1CCCN1Cc1cc2nccc(-c3cc(Cl)cc4ccn(CC5(F)CCNCC5)c34)c2s1. The second-order valence-corrected chi connectivity index (χ2v) is 11.0. The summed E-state index contributed by atoms with van der Waals surface area (Å²) in [5.74, 6) is 0.220. The molecule has 0 spiro atoms. The molecule has 0 saturated carbocycles. The largest absolute Gasteiger partial charge is 0.344 e. The summed E-state index contributed by atoms with van der Waals surface area (Å²) in [6, 6.07) is 10.0. The molecule has 2 saturated heterocycles. The normalized spacial score (nSPS) is 18.4. The Morgan fingerprint density at radius 1 is 1.18 bits per heavy atom. The minimum Gasteiger partial charge on any atom is -0.344 e. The number of nitrogens with zero attached hydrogens (tertiary/aromatic N) is 3. The van der Waals surface area contributed by atoms with E-state index in [2.05, 4.69) is 20.9 Å². The van der Waals surface area contributed by atoms with Gasteiger partial charge in [-0.3, -0.25) is 9.78 Å². The molecular formula is C26H26ClFN4OS. The van der Waals surface area contributed by atoms with Crippen molar-refractivity contribution >= 4 is 50.0 Å². The minimum atomic E-state index is -1.22. The Balaban J connectivity index is 1.44. The van der Waals surface area contributed by atoms with Crippen LogP contribution in [0.1, 0.15) is 30.6 Å². The second-order valence-electron chi connectivity index (χ2n) is 9.44. The first-order valence-corrected chi connectivity index (χ1v) is 13.0. The van der Waals surface area contributed by atoms with Crippen molar-refractivity contribution in [3.05, 3.63) is 52.6 Å². The number of alkyl halides is 1. The molecule has 0 aliphatic carbocycles. The van der Waals surface area contributed by atoms with Crippen LogP contribution in [0.25, 0.3) is 32.2 Å². The van der Waals surface area contributed by atoms with Crippen LogP contribution in [0.3, 0.4) is 0 Å². The number of pyridine rings is 1. The first-order valence-electron chi connectivity index (χ1n) is 11.8. The Bertz CT molecular complexity index is 1390. The van der Waals surface area contributed by atoms with Gasteiger partial charge in [-0.1, -0.05) is 11.6 Å².